The summed E-state index contributed by atoms with van der Waals surface area (Å²) in [5.41, 5.74) is 1.73. The van der Waals surface area contributed by atoms with Crippen LogP contribution in [0.5, 0.6) is 5.75 Å². The number of para-hydroxylation sites is 1. The Hall–Kier alpha value is -4.69. The van der Waals surface area contributed by atoms with Crippen LogP contribution in [0, 0.1) is 0 Å². The fraction of sp³-hybridized carbons (Fsp3) is 0.0667. The highest BCUT2D eigenvalue weighted by Crippen LogP contribution is 2.35. The summed E-state index contributed by atoms with van der Waals surface area (Å²) in [5.74, 6) is 0.169. The zero-order valence-electron chi connectivity index (χ0n) is 22.8. The van der Waals surface area contributed by atoms with E-state index in [1.54, 1.807) is 73.0 Å². The number of halogens is 1. The van der Waals surface area contributed by atoms with Gasteiger partial charge in [-0.25, -0.2) is 13.6 Å². The number of anilines is 1. The molecular formula is C30H24ClN5O6S2. The Bertz CT molecular complexity index is 1860. The number of nitrogens with one attached hydrogen (secondary N) is 1. The second-order valence-corrected chi connectivity index (χ2v) is 12.2. The number of carbonyl (C=O) groups excluding carboxylic acids is 2. The zero-order valence-corrected chi connectivity index (χ0v) is 25.2. The number of amidine groups is 1. The lowest BCUT2D eigenvalue weighted by Gasteiger charge is -2.12. The van der Waals surface area contributed by atoms with Crippen molar-refractivity contribution in [1.82, 2.24) is 4.90 Å². The number of thioether (sulfide) groups is 1. The minimum atomic E-state index is -3.85. The fourth-order valence-electron chi connectivity index (χ4n) is 3.91. The molecule has 0 radical (unpaired) electrons. The number of amides is 2. The van der Waals surface area contributed by atoms with E-state index in [0.717, 1.165) is 17.3 Å². The first kappa shape index (κ1) is 30.8. The molecule has 5 rings (SSSR count). The molecule has 224 valence electrons. The number of rotatable bonds is 10. The molecule has 0 aliphatic carbocycles. The number of hydrogen-bond donors (Lipinski definition) is 2. The summed E-state index contributed by atoms with van der Waals surface area (Å²) in [4.78, 5) is 27.8. The zero-order chi connectivity index (χ0) is 31.1. The Morgan fingerprint density at radius 2 is 1.80 bits per heavy atom. The van der Waals surface area contributed by atoms with Gasteiger partial charge in [-0.1, -0.05) is 41.9 Å². The van der Waals surface area contributed by atoms with Crippen molar-refractivity contribution in [3.8, 4) is 5.75 Å². The highest BCUT2D eigenvalue weighted by Gasteiger charge is 2.34. The summed E-state index contributed by atoms with van der Waals surface area (Å²) < 4.78 is 34.1. The van der Waals surface area contributed by atoms with Gasteiger partial charge in [-0.05, 0) is 78.0 Å². The van der Waals surface area contributed by atoms with Crippen molar-refractivity contribution in [2.75, 3.05) is 11.9 Å². The third kappa shape index (κ3) is 8.02. The van der Waals surface area contributed by atoms with E-state index in [2.05, 4.69) is 15.5 Å². The Balaban J connectivity index is 1.31. The van der Waals surface area contributed by atoms with Crippen LogP contribution in [-0.4, -0.2) is 43.1 Å². The van der Waals surface area contributed by atoms with Gasteiger partial charge in [-0.3, -0.25) is 14.5 Å². The second-order valence-electron chi connectivity index (χ2n) is 9.20. The topological polar surface area (TPSA) is 157 Å². The lowest BCUT2D eigenvalue weighted by molar-refractivity contribution is -0.122. The van der Waals surface area contributed by atoms with E-state index in [0.29, 0.717) is 37.9 Å². The van der Waals surface area contributed by atoms with E-state index in [4.69, 9.17) is 25.9 Å². The molecule has 0 atom stereocenters. The normalized spacial score (nSPS) is 15.4. The lowest BCUT2D eigenvalue weighted by Crippen LogP contribution is -2.28. The number of nitrogens with two attached hydrogens (primary N) is 1. The minimum Gasteiger partial charge on any atom is -0.483 e. The average molecular weight is 650 g/mol. The van der Waals surface area contributed by atoms with E-state index in [9.17, 15) is 18.0 Å². The molecule has 1 aromatic heterocycles. The average Bonchev–Trinajstić information content (AvgIpc) is 3.62. The summed E-state index contributed by atoms with van der Waals surface area (Å²) >= 11 is 7.09. The molecule has 0 bridgehead atoms. The smallest absolute Gasteiger partial charge is 0.267 e. The number of primary sulfonamides is 1. The van der Waals surface area contributed by atoms with Crippen molar-refractivity contribution in [3.63, 3.8) is 0 Å². The van der Waals surface area contributed by atoms with E-state index in [1.807, 2.05) is 0 Å². The van der Waals surface area contributed by atoms with E-state index in [-0.39, 0.29) is 24.0 Å². The first-order valence-corrected chi connectivity index (χ1v) is 15.6. The highest BCUT2D eigenvalue weighted by atomic mass is 35.5. The van der Waals surface area contributed by atoms with Gasteiger partial charge in [0.1, 0.15) is 11.5 Å². The van der Waals surface area contributed by atoms with E-state index >= 15 is 0 Å². The molecule has 44 heavy (non-hydrogen) atoms. The Morgan fingerprint density at radius 1 is 1.05 bits per heavy atom. The SMILES string of the molecule is NS(=O)(=O)c1ccc(NC(=O)COc2ccccc2/C=C2\S/C(=N/N=C\c3ccc(Cl)cc3)N(Cc3ccco3)C2=O)cc1. The number of ether oxygens (including phenoxy) is 1. The number of furan rings is 1. The van der Waals surface area contributed by atoms with Crippen LogP contribution in [0.4, 0.5) is 5.69 Å². The van der Waals surface area contributed by atoms with Crippen LogP contribution in [0.2, 0.25) is 5.02 Å². The summed E-state index contributed by atoms with van der Waals surface area (Å²) in [5, 5.41) is 17.2. The maximum absolute atomic E-state index is 13.5. The van der Waals surface area contributed by atoms with Crippen LogP contribution < -0.4 is 15.2 Å². The molecule has 14 heteroatoms. The van der Waals surface area contributed by atoms with Crippen LogP contribution in [0.1, 0.15) is 16.9 Å². The molecule has 1 aliphatic heterocycles. The predicted octanol–water partition coefficient (Wildman–Crippen LogP) is 5.10. The van der Waals surface area contributed by atoms with Crippen LogP contribution in [0.25, 0.3) is 6.08 Å². The first-order chi connectivity index (χ1) is 21.2. The van der Waals surface area contributed by atoms with E-state index in [1.165, 1.54) is 35.4 Å². The largest absolute Gasteiger partial charge is 0.483 e. The second kappa shape index (κ2) is 13.7. The fourth-order valence-corrected chi connectivity index (χ4v) is 5.48. The molecule has 1 aliphatic rings. The van der Waals surface area contributed by atoms with Crippen molar-refractivity contribution < 1.29 is 27.2 Å². The van der Waals surface area contributed by atoms with Gasteiger partial charge in [-0.15, -0.1) is 5.10 Å². The van der Waals surface area contributed by atoms with Gasteiger partial charge in [-0.2, -0.15) is 5.10 Å². The predicted molar refractivity (Wildman–Crippen MR) is 170 cm³/mol. The van der Waals surface area contributed by atoms with Crippen molar-refractivity contribution in [3.05, 3.63) is 118 Å². The quantitative estimate of drug-likeness (QED) is 0.137. The van der Waals surface area contributed by atoms with Crippen molar-refractivity contribution in [2.45, 2.75) is 11.4 Å². The Morgan fingerprint density at radius 3 is 2.50 bits per heavy atom. The van der Waals surface area contributed by atoms with Crippen LogP contribution >= 0.6 is 23.4 Å². The molecule has 0 spiro atoms. The van der Waals surface area contributed by atoms with Gasteiger partial charge >= 0.3 is 0 Å². The maximum Gasteiger partial charge on any atom is 0.267 e. The summed E-state index contributed by atoms with van der Waals surface area (Å²) in [7, 11) is -3.85. The van der Waals surface area contributed by atoms with Gasteiger partial charge in [0.15, 0.2) is 11.8 Å². The lowest BCUT2D eigenvalue weighted by atomic mass is 10.2. The molecule has 3 aromatic carbocycles. The molecule has 0 saturated carbocycles. The third-order valence-electron chi connectivity index (χ3n) is 6.03. The van der Waals surface area contributed by atoms with E-state index < -0.39 is 15.9 Å². The number of carbonyl (C=O) groups is 2. The third-order valence-corrected chi connectivity index (χ3v) is 8.21. The number of hydrogen-bond acceptors (Lipinski definition) is 9. The molecule has 1 fully saturated rings. The molecular weight excluding hydrogens is 626 g/mol. The monoisotopic (exact) mass is 649 g/mol. The molecule has 2 amide bonds. The van der Waals surface area contributed by atoms with Crippen molar-refractivity contribution in [1.29, 1.82) is 0 Å². The standard InChI is InChI=1S/C30H24ClN5O6S2/c31-22-9-7-20(8-10-22)17-33-35-30-36(18-24-5-3-15-41-24)29(38)27(43-30)16-21-4-1-2-6-26(21)42-19-28(37)34-23-11-13-25(14-12-23)44(32,39)40/h1-17H,18-19H2,(H,34,37)(H2,32,39,40)/b27-16-,33-17-,35-30+. The molecule has 2 heterocycles. The molecule has 1 saturated heterocycles. The van der Waals surface area contributed by atoms with Gasteiger partial charge in [0.25, 0.3) is 11.8 Å². The summed E-state index contributed by atoms with van der Waals surface area (Å²) in [6, 6.07) is 23.0. The molecule has 11 nitrogen and oxygen atoms in total. The highest BCUT2D eigenvalue weighted by molar-refractivity contribution is 8.18. The van der Waals surface area contributed by atoms with Gasteiger partial charge in [0.2, 0.25) is 10.0 Å². The van der Waals surface area contributed by atoms with Crippen molar-refractivity contribution >= 4 is 68.3 Å². The van der Waals surface area contributed by atoms with Gasteiger partial charge in [0.05, 0.1) is 28.8 Å². The number of benzene rings is 3. The molecule has 0 unspecified atom stereocenters. The number of nitrogens with zero attached hydrogens (tertiary/aromatic N) is 3. The van der Waals surface area contributed by atoms with Gasteiger partial charge in [0, 0.05) is 16.3 Å². The maximum atomic E-state index is 13.5. The van der Waals surface area contributed by atoms with Crippen LogP contribution in [0.15, 0.2) is 116 Å². The molecule has 4 aromatic rings. The van der Waals surface area contributed by atoms with Crippen LogP contribution in [-0.2, 0) is 26.2 Å². The Kier molecular flexibility index (Phi) is 9.60. The first-order valence-electron chi connectivity index (χ1n) is 12.9. The Labute approximate surface area is 262 Å². The minimum absolute atomic E-state index is 0.0719. The number of sulfonamides is 1. The summed E-state index contributed by atoms with van der Waals surface area (Å²) in [6.45, 7) is -0.184. The van der Waals surface area contributed by atoms with Crippen LogP contribution in [0.3, 0.4) is 0 Å². The molecule has 3 N–H and O–H groups in total. The summed E-state index contributed by atoms with van der Waals surface area (Å²) in [6.07, 6.45) is 4.75. The van der Waals surface area contributed by atoms with Gasteiger partial charge < -0.3 is 14.5 Å². The van der Waals surface area contributed by atoms with Crippen molar-refractivity contribution in [2.24, 2.45) is 15.3 Å².